The minimum atomic E-state index is -1.07. The van der Waals surface area contributed by atoms with E-state index in [-0.39, 0.29) is 41.7 Å². The lowest BCUT2D eigenvalue weighted by molar-refractivity contribution is -0.118. The Morgan fingerprint density at radius 3 is 2.23 bits per heavy atom. The summed E-state index contributed by atoms with van der Waals surface area (Å²) in [5.74, 6) is -2.14. The van der Waals surface area contributed by atoms with Crippen LogP contribution in [-0.4, -0.2) is 36.0 Å². The number of esters is 1. The number of para-hydroxylation sites is 1. The van der Waals surface area contributed by atoms with Crippen molar-refractivity contribution in [3.63, 3.8) is 0 Å². The van der Waals surface area contributed by atoms with Crippen molar-refractivity contribution in [3.05, 3.63) is 46.3 Å². The van der Waals surface area contributed by atoms with Crippen LogP contribution >= 0.6 is 11.3 Å². The maximum Gasteiger partial charge on any atom is 0.339 e. The summed E-state index contributed by atoms with van der Waals surface area (Å²) in [7, 11) is 1.27. The molecule has 1 aromatic heterocycles. The molecular weight excluding hydrogens is 420 g/mol. The number of methoxy groups -OCH3 is 1. The molecule has 2 rings (SSSR count). The predicted octanol–water partition coefficient (Wildman–Crippen LogP) is 4.49. The Morgan fingerprint density at radius 2 is 1.65 bits per heavy atom. The quantitative estimate of drug-likeness (QED) is 0.365. The van der Waals surface area contributed by atoms with Gasteiger partial charge < -0.3 is 20.5 Å². The number of anilines is 2. The van der Waals surface area contributed by atoms with E-state index in [9.17, 15) is 24.3 Å². The third kappa shape index (κ3) is 6.65. The Kier molecular flexibility index (Phi) is 8.75. The second-order valence-corrected chi connectivity index (χ2v) is 8.08. The average molecular weight is 447 g/mol. The van der Waals surface area contributed by atoms with Gasteiger partial charge in [0.15, 0.2) is 0 Å². The third-order valence-corrected chi connectivity index (χ3v) is 5.49. The number of hydrogen-bond donors (Lipinski definition) is 3. The fraction of sp³-hybridized carbons (Fsp3) is 0.364. The van der Waals surface area contributed by atoms with Crippen molar-refractivity contribution < 1.29 is 29.0 Å². The molecule has 3 N–H and O–H groups in total. The summed E-state index contributed by atoms with van der Waals surface area (Å²) in [4.78, 5) is 47.7. The number of unbranched alkanes of at least 4 members (excludes halogenated alkanes) is 1. The zero-order valence-corrected chi connectivity index (χ0v) is 18.5. The molecular formula is C22H26N2O6S. The molecule has 0 aliphatic carbocycles. The molecule has 9 heteroatoms. The van der Waals surface area contributed by atoms with Crippen molar-refractivity contribution >= 4 is 45.8 Å². The summed E-state index contributed by atoms with van der Waals surface area (Å²) in [5, 5.41) is 16.9. The van der Waals surface area contributed by atoms with Crippen LogP contribution in [0.2, 0.25) is 0 Å². The molecule has 0 fully saturated rings. The van der Waals surface area contributed by atoms with Gasteiger partial charge in [0.25, 0.3) is 0 Å². The number of nitrogens with one attached hydrogen (secondary N) is 2. The summed E-state index contributed by atoms with van der Waals surface area (Å²) in [6.45, 7) is 3.80. The summed E-state index contributed by atoms with van der Waals surface area (Å²) >= 11 is 1.20. The first-order chi connectivity index (χ1) is 14.7. The predicted molar refractivity (Wildman–Crippen MR) is 119 cm³/mol. The van der Waals surface area contributed by atoms with Crippen molar-refractivity contribution in [3.8, 4) is 0 Å². The first-order valence-corrected chi connectivity index (χ1v) is 10.7. The van der Waals surface area contributed by atoms with E-state index < -0.39 is 11.9 Å². The highest BCUT2D eigenvalue weighted by molar-refractivity contribution is 7.15. The van der Waals surface area contributed by atoms with Crippen molar-refractivity contribution in [2.45, 2.75) is 45.4 Å². The number of carbonyl (C=O) groups is 4. The molecule has 0 bridgehead atoms. The summed E-state index contributed by atoms with van der Waals surface area (Å²) < 4.78 is 4.70. The SMILES string of the molecule is COC(=O)c1ccccc1NC(=O)CCCCC(=O)Nc1scc(C(C)C)c1C(=O)O. The standard InChI is InChI=1S/C22H26N2O6S/c1-13(2)15-12-31-20(19(15)21(27)28)24-18(26)11-7-6-10-17(25)23-16-9-5-4-8-14(16)22(29)30-3/h4-5,8-9,12-13H,6-7,10-11H2,1-3H3,(H,23,25)(H,24,26)(H,27,28). The Bertz CT molecular complexity index is 967. The summed E-state index contributed by atoms with van der Waals surface area (Å²) in [6.07, 6.45) is 1.27. The van der Waals surface area contributed by atoms with Crippen LogP contribution in [-0.2, 0) is 14.3 Å². The molecule has 0 atom stereocenters. The van der Waals surface area contributed by atoms with Crippen LogP contribution in [0.15, 0.2) is 29.6 Å². The van der Waals surface area contributed by atoms with Gasteiger partial charge in [0, 0.05) is 12.8 Å². The zero-order valence-electron chi connectivity index (χ0n) is 17.7. The van der Waals surface area contributed by atoms with E-state index in [0.29, 0.717) is 29.1 Å². The van der Waals surface area contributed by atoms with Gasteiger partial charge in [-0.25, -0.2) is 9.59 Å². The fourth-order valence-corrected chi connectivity index (χ4v) is 4.09. The molecule has 2 amide bonds. The number of carbonyl (C=O) groups excluding carboxylic acids is 3. The van der Waals surface area contributed by atoms with Gasteiger partial charge in [-0.2, -0.15) is 0 Å². The number of benzene rings is 1. The highest BCUT2D eigenvalue weighted by atomic mass is 32.1. The van der Waals surface area contributed by atoms with E-state index in [1.165, 1.54) is 18.4 Å². The smallest absolute Gasteiger partial charge is 0.339 e. The van der Waals surface area contributed by atoms with Gasteiger partial charge in [-0.15, -0.1) is 11.3 Å². The average Bonchev–Trinajstić information content (AvgIpc) is 3.15. The van der Waals surface area contributed by atoms with Gasteiger partial charge in [0.2, 0.25) is 11.8 Å². The van der Waals surface area contributed by atoms with Crippen molar-refractivity contribution in [1.82, 2.24) is 0 Å². The van der Waals surface area contributed by atoms with Crippen LogP contribution in [0.25, 0.3) is 0 Å². The van der Waals surface area contributed by atoms with Gasteiger partial charge in [0.1, 0.15) is 5.00 Å². The van der Waals surface area contributed by atoms with Gasteiger partial charge in [-0.1, -0.05) is 26.0 Å². The molecule has 0 spiro atoms. The fourth-order valence-electron chi connectivity index (χ4n) is 2.96. The van der Waals surface area contributed by atoms with E-state index in [2.05, 4.69) is 10.6 Å². The number of carboxylic acid groups (broad SMARTS) is 1. The lowest BCUT2D eigenvalue weighted by Crippen LogP contribution is -2.16. The van der Waals surface area contributed by atoms with E-state index >= 15 is 0 Å². The maximum absolute atomic E-state index is 12.2. The molecule has 2 aromatic rings. The first-order valence-electron chi connectivity index (χ1n) is 9.86. The number of rotatable bonds is 10. The molecule has 0 radical (unpaired) electrons. The van der Waals surface area contributed by atoms with Crippen molar-refractivity contribution in [2.24, 2.45) is 0 Å². The van der Waals surface area contributed by atoms with Gasteiger partial charge >= 0.3 is 11.9 Å². The van der Waals surface area contributed by atoms with Crippen molar-refractivity contribution in [2.75, 3.05) is 17.7 Å². The molecule has 0 aliphatic heterocycles. The minimum Gasteiger partial charge on any atom is -0.478 e. The van der Waals surface area contributed by atoms with E-state index in [0.717, 1.165) is 0 Å². The van der Waals surface area contributed by atoms with Crippen LogP contribution < -0.4 is 10.6 Å². The maximum atomic E-state index is 12.2. The lowest BCUT2D eigenvalue weighted by atomic mass is 10.0. The van der Waals surface area contributed by atoms with Crippen LogP contribution in [0.3, 0.4) is 0 Å². The topological polar surface area (TPSA) is 122 Å². The molecule has 1 heterocycles. The Morgan fingerprint density at radius 1 is 1.03 bits per heavy atom. The number of aromatic carboxylic acids is 1. The Balaban J connectivity index is 1.82. The highest BCUT2D eigenvalue weighted by Crippen LogP contribution is 2.33. The van der Waals surface area contributed by atoms with E-state index in [1.807, 2.05) is 13.8 Å². The summed E-state index contributed by atoms with van der Waals surface area (Å²) in [6, 6.07) is 6.55. The van der Waals surface area contributed by atoms with Crippen LogP contribution in [0.5, 0.6) is 0 Å². The molecule has 0 saturated heterocycles. The number of thiophene rings is 1. The van der Waals surface area contributed by atoms with Gasteiger partial charge in [0.05, 0.1) is 23.9 Å². The Hall–Kier alpha value is -3.20. The normalized spacial score (nSPS) is 10.6. The molecule has 0 saturated carbocycles. The second kappa shape index (κ2) is 11.3. The highest BCUT2D eigenvalue weighted by Gasteiger charge is 2.21. The molecule has 8 nitrogen and oxygen atoms in total. The van der Waals surface area contributed by atoms with Gasteiger partial charge in [-0.3, -0.25) is 9.59 Å². The molecule has 31 heavy (non-hydrogen) atoms. The van der Waals surface area contributed by atoms with Crippen LogP contribution in [0.4, 0.5) is 10.7 Å². The first kappa shape index (κ1) is 24.1. The largest absolute Gasteiger partial charge is 0.478 e. The van der Waals surface area contributed by atoms with Crippen LogP contribution in [0, 0.1) is 0 Å². The Labute approximate surface area is 184 Å². The second-order valence-electron chi connectivity index (χ2n) is 7.20. The number of amides is 2. The summed E-state index contributed by atoms with van der Waals surface area (Å²) in [5.41, 5.74) is 1.47. The minimum absolute atomic E-state index is 0.0378. The zero-order chi connectivity index (χ0) is 23.0. The number of ether oxygens (including phenoxy) is 1. The molecule has 0 aliphatic rings. The monoisotopic (exact) mass is 446 g/mol. The van der Waals surface area contributed by atoms with E-state index in [4.69, 9.17) is 4.74 Å². The molecule has 166 valence electrons. The van der Waals surface area contributed by atoms with Crippen LogP contribution in [0.1, 0.15) is 71.7 Å². The van der Waals surface area contributed by atoms with Gasteiger partial charge in [-0.05, 0) is 41.8 Å². The van der Waals surface area contributed by atoms with Crippen molar-refractivity contribution in [1.29, 1.82) is 0 Å². The van der Waals surface area contributed by atoms with E-state index in [1.54, 1.807) is 29.6 Å². The lowest BCUT2D eigenvalue weighted by Gasteiger charge is -2.10. The number of carboxylic acids is 1. The molecule has 1 aromatic carbocycles. The molecule has 0 unspecified atom stereocenters. The number of hydrogen-bond acceptors (Lipinski definition) is 6. The third-order valence-electron chi connectivity index (χ3n) is 4.57.